The molecule has 9 nitrogen and oxygen atoms in total. The van der Waals surface area contributed by atoms with Gasteiger partial charge in [-0.2, -0.15) is 4.31 Å². The van der Waals surface area contributed by atoms with E-state index in [2.05, 4.69) is 20.8 Å². The number of aromatic nitrogens is 2. The summed E-state index contributed by atoms with van der Waals surface area (Å²) in [6, 6.07) is 12.9. The molecule has 4 rings (SSSR count). The van der Waals surface area contributed by atoms with Crippen molar-refractivity contribution in [2.45, 2.75) is 35.3 Å². The summed E-state index contributed by atoms with van der Waals surface area (Å²) < 4.78 is 33.6. The van der Waals surface area contributed by atoms with Gasteiger partial charge in [-0.15, -0.1) is 10.2 Å². The van der Waals surface area contributed by atoms with Gasteiger partial charge in [0.05, 0.1) is 23.4 Å². The predicted octanol–water partition coefficient (Wildman–Crippen LogP) is 4.04. The largest absolute Gasteiger partial charge is 0.379 e. The zero-order valence-electron chi connectivity index (χ0n) is 19.6. The number of hydrogen-bond donors (Lipinski definition) is 2. The van der Waals surface area contributed by atoms with Gasteiger partial charge in [0.2, 0.25) is 21.1 Å². The standard InChI is InChI=1S/C23H27N5O4S3/c1-15-4-7-18(8-5-15)25-22-26-27-23(34-22)33-17(3)21(29)24-19-9-6-16(2)20(14-19)35(30,31)28-10-12-32-13-11-28/h4-9,14,17H,10-13H2,1-3H3,(H,24,29)(H,25,26)/t17-/m0/s1. The molecule has 35 heavy (non-hydrogen) atoms. The zero-order valence-corrected chi connectivity index (χ0v) is 22.1. The van der Waals surface area contributed by atoms with E-state index in [1.165, 1.54) is 39.0 Å². The third-order valence-corrected chi connectivity index (χ3v) is 9.46. The molecule has 2 N–H and O–H groups in total. The minimum Gasteiger partial charge on any atom is -0.379 e. The van der Waals surface area contributed by atoms with E-state index in [1.807, 2.05) is 31.2 Å². The number of morpholine rings is 1. The van der Waals surface area contributed by atoms with E-state index in [1.54, 1.807) is 26.0 Å². The van der Waals surface area contributed by atoms with E-state index in [0.29, 0.717) is 47.0 Å². The first-order valence-electron chi connectivity index (χ1n) is 11.1. The van der Waals surface area contributed by atoms with Crippen molar-refractivity contribution in [1.82, 2.24) is 14.5 Å². The minimum absolute atomic E-state index is 0.188. The van der Waals surface area contributed by atoms with Crippen LogP contribution in [0.4, 0.5) is 16.5 Å². The van der Waals surface area contributed by atoms with Crippen LogP contribution in [0.25, 0.3) is 0 Å². The molecule has 1 fully saturated rings. The molecule has 1 aliphatic heterocycles. The number of carbonyl (C=O) groups is 1. The maximum absolute atomic E-state index is 13.1. The molecule has 2 heterocycles. The fraction of sp³-hybridized carbons (Fsp3) is 0.348. The average Bonchev–Trinajstić information content (AvgIpc) is 3.28. The van der Waals surface area contributed by atoms with E-state index < -0.39 is 15.3 Å². The van der Waals surface area contributed by atoms with Crippen molar-refractivity contribution in [2.24, 2.45) is 0 Å². The Kier molecular flexibility index (Phi) is 8.07. The lowest BCUT2D eigenvalue weighted by atomic mass is 10.2. The molecule has 1 amide bonds. The van der Waals surface area contributed by atoms with Crippen LogP contribution in [0.1, 0.15) is 18.1 Å². The maximum atomic E-state index is 13.1. The predicted molar refractivity (Wildman–Crippen MR) is 139 cm³/mol. The molecule has 0 bridgehead atoms. The van der Waals surface area contributed by atoms with Crippen LogP contribution in [-0.2, 0) is 19.6 Å². The molecule has 186 valence electrons. The normalized spacial score (nSPS) is 15.5. The molecule has 0 saturated carbocycles. The molecule has 0 radical (unpaired) electrons. The topological polar surface area (TPSA) is 114 Å². The van der Waals surface area contributed by atoms with Gasteiger partial charge in [0.15, 0.2) is 4.34 Å². The highest BCUT2D eigenvalue weighted by Crippen LogP contribution is 2.31. The smallest absolute Gasteiger partial charge is 0.243 e. The Morgan fingerprint density at radius 2 is 1.77 bits per heavy atom. The molecule has 1 atom stereocenters. The Labute approximate surface area is 213 Å². The summed E-state index contributed by atoms with van der Waals surface area (Å²) in [5, 5.41) is 14.5. The number of rotatable bonds is 8. The second kappa shape index (κ2) is 11.0. The fourth-order valence-corrected chi connectivity index (χ4v) is 6.97. The minimum atomic E-state index is -3.67. The maximum Gasteiger partial charge on any atom is 0.243 e. The highest BCUT2D eigenvalue weighted by Gasteiger charge is 2.28. The molecule has 1 aromatic heterocycles. The van der Waals surface area contributed by atoms with Crippen molar-refractivity contribution in [1.29, 1.82) is 0 Å². The number of aryl methyl sites for hydroxylation is 2. The summed E-state index contributed by atoms with van der Waals surface area (Å²) in [7, 11) is -3.67. The SMILES string of the molecule is Cc1ccc(Nc2nnc(S[C@@H](C)C(=O)Nc3ccc(C)c(S(=O)(=O)N4CCOCC4)c3)s2)cc1. The summed E-state index contributed by atoms with van der Waals surface area (Å²) in [6.07, 6.45) is 0. The third kappa shape index (κ3) is 6.39. The number of anilines is 3. The number of sulfonamides is 1. The van der Waals surface area contributed by atoms with Crippen LogP contribution in [0.2, 0.25) is 0 Å². The van der Waals surface area contributed by atoms with Crippen LogP contribution in [0.3, 0.4) is 0 Å². The van der Waals surface area contributed by atoms with Gasteiger partial charge in [0.1, 0.15) is 0 Å². The molecule has 3 aromatic rings. The van der Waals surface area contributed by atoms with Gasteiger partial charge in [-0.05, 0) is 50.6 Å². The summed E-state index contributed by atoms with van der Waals surface area (Å²) in [5.74, 6) is -0.253. The molecule has 12 heteroatoms. The lowest BCUT2D eigenvalue weighted by Gasteiger charge is -2.27. The van der Waals surface area contributed by atoms with Crippen LogP contribution >= 0.6 is 23.1 Å². The molecule has 0 aliphatic carbocycles. The van der Waals surface area contributed by atoms with Crippen LogP contribution < -0.4 is 10.6 Å². The highest BCUT2D eigenvalue weighted by atomic mass is 32.2. The Balaban J connectivity index is 1.39. The summed E-state index contributed by atoms with van der Waals surface area (Å²) in [5.41, 5.74) is 3.14. The number of nitrogens with one attached hydrogen (secondary N) is 2. The van der Waals surface area contributed by atoms with E-state index in [-0.39, 0.29) is 10.8 Å². The highest BCUT2D eigenvalue weighted by molar-refractivity contribution is 8.02. The van der Waals surface area contributed by atoms with E-state index in [4.69, 9.17) is 4.74 Å². The van der Waals surface area contributed by atoms with Gasteiger partial charge in [-0.3, -0.25) is 4.79 Å². The van der Waals surface area contributed by atoms with Crippen LogP contribution in [0.15, 0.2) is 51.7 Å². The van der Waals surface area contributed by atoms with Crippen LogP contribution in [-0.4, -0.2) is 60.4 Å². The first-order chi connectivity index (χ1) is 16.7. The van der Waals surface area contributed by atoms with Crippen molar-refractivity contribution in [2.75, 3.05) is 36.9 Å². The Bertz CT molecular complexity index is 1290. The first-order valence-corrected chi connectivity index (χ1v) is 14.2. The van der Waals surface area contributed by atoms with Crippen molar-refractivity contribution in [3.63, 3.8) is 0 Å². The van der Waals surface area contributed by atoms with Gasteiger partial charge >= 0.3 is 0 Å². The number of hydrogen-bond acceptors (Lipinski definition) is 9. The monoisotopic (exact) mass is 533 g/mol. The van der Waals surface area contributed by atoms with Crippen molar-refractivity contribution >= 4 is 55.5 Å². The van der Waals surface area contributed by atoms with Gasteiger partial charge in [0, 0.05) is 24.5 Å². The Hall–Kier alpha value is -2.51. The molecule has 0 unspecified atom stereocenters. The number of benzene rings is 2. The zero-order chi connectivity index (χ0) is 25.0. The average molecular weight is 534 g/mol. The Morgan fingerprint density at radius 1 is 1.09 bits per heavy atom. The lowest BCUT2D eigenvalue weighted by Crippen LogP contribution is -2.40. The number of ether oxygens (including phenoxy) is 1. The first kappa shape index (κ1) is 25.6. The van der Waals surface area contributed by atoms with E-state index >= 15 is 0 Å². The molecule has 2 aromatic carbocycles. The van der Waals surface area contributed by atoms with E-state index in [0.717, 1.165) is 5.69 Å². The second-order valence-electron chi connectivity index (χ2n) is 8.11. The van der Waals surface area contributed by atoms with Crippen molar-refractivity contribution < 1.29 is 17.9 Å². The number of amides is 1. The van der Waals surface area contributed by atoms with Gasteiger partial charge in [-0.25, -0.2) is 8.42 Å². The third-order valence-electron chi connectivity index (χ3n) is 5.40. The lowest BCUT2D eigenvalue weighted by molar-refractivity contribution is -0.115. The van der Waals surface area contributed by atoms with Gasteiger partial charge in [0.25, 0.3) is 0 Å². The quantitative estimate of drug-likeness (QED) is 0.417. The van der Waals surface area contributed by atoms with Crippen molar-refractivity contribution in [3.05, 3.63) is 53.6 Å². The molecule has 0 spiro atoms. The van der Waals surface area contributed by atoms with Crippen LogP contribution in [0.5, 0.6) is 0 Å². The number of thioether (sulfide) groups is 1. The fourth-order valence-electron chi connectivity index (χ4n) is 3.40. The summed E-state index contributed by atoms with van der Waals surface area (Å²) in [6.45, 7) is 6.91. The van der Waals surface area contributed by atoms with E-state index in [9.17, 15) is 13.2 Å². The number of nitrogens with zero attached hydrogens (tertiary/aromatic N) is 3. The summed E-state index contributed by atoms with van der Waals surface area (Å²) >= 11 is 2.65. The van der Waals surface area contributed by atoms with Gasteiger partial charge < -0.3 is 15.4 Å². The van der Waals surface area contributed by atoms with Crippen molar-refractivity contribution in [3.8, 4) is 0 Å². The van der Waals surface area contributed by atoms with Crippen LogP contribution in [0, 0.1) is 13.8 Å². The molecule has 1 aliphatic rings. The number of carbonyl (C=O) groups excluding carboxylic acids is 1. The molecule has 1 saturated heterocycles. The van der Waals surface area contributed by atoms with Gasteiger partial charge in [-0.1, -0.05) is 46.9 Å². The molecular weight excluding hydrogens is 506 g/mol. The summed E-state index contributed by atoms with van der Waals surface area (Å²) in [4.78, 5) is 13.0. The second-order valence-corrected chi connectivity index (χ2v) is 12.6. The Morgan fingerprint density at radius 3 is 2.49 bits per heavy atom. The molecular formula is C23H27N5O4S3.